The number of benzene rings is 2. The van der Waals surface area contributed by atoms with Gasteiger partial charge in [0.2, 0.25) is 5.78 Å². The molecule has 2 atom stereocenters. The first-order chi connectivity index (χ1) is 14.2. The van der Waals surface area contributed by atoms with Gasteiger partial charge in [-0.05, 0) is 48.4 Å². The van der Waals surface area contributed by atoms with Gasteiger partial charge < -0.3 is 19.6 Å². The summed E-state index contributed by atoms with van der Waals surface area (Å²) in [6.07, 6.45) is 0. The van der Waals surface area contributed by atoms with Crippen LogP contribution in [0.2, 0.25) is 0 Å². The largest absolute Gasteiger partial charge is 0.508 e. The summed E-state index contributed by atoms with van der Waals surface area (Å²) in [5, 5.41) is 9.65. The molecule has 0 bridgehead atoms. The van der Waals surface area contributed by atoms with Crippen molar-refractivity contribution in [2.75, 3.05) is 34.3 Å². The molecule has 2 N–H and O–H groups in total. The predicted octanol–water partition coefficient (Wildman–Crippen LogP) is 0.805. The van der Waals surface area contributed by atoms with Crippen molar-refractivity contribution in [2.24, 2.45) is 5.92 Å². The SMILES string of the molecule is COc1ccc(C(=O)C2C(=O)C(=O)N(CC[NH+](C)C)C2c2ccc(O)cc2)cc1C. The van der Waals surface area contributed by atoms with Crippen molar-refractivity contribution in [3.8, 4) is 11.5 Å². The Bertz CT molecular complexity index is 968. The molecule has 1 aliphatic rings. The first kappa shape index (κ1) is 21.5. The number of phenolic OH excluding ortho intramolecular Hbond substituents is 1. The number of likely N-dealkylation sites (tertiary alicyclic amines) is 1. The number of rotatable bonds is 7. The van der Waals surface area contributed by atoms with E-state index in [0.717, 1.165) is 10.5 Å². The zero-order chi connectivity index (χ0) is 22.0. The highest BCUT2D eigenvalue weighted by molar-refractivity contribution is 6.44. The molecule has 0 saturated carbocycles. The molecule has 2 aromatic rings. The topological polar surface area (TPSA) is 88.4 Å². The standard InChI is InChI=1S/C23H26N2O5/c1-14-13-16(7-10-18(14)30-4)21(27)19-20(15-5-8-17(26)9-6-15)25(12-11-24(2)3)23(29)22(19)28/h5-10,13,19-20,26H,11-12H2,1-4H3/p+1. The van der Waals surface area contributed by atoms with E-state index in [2.05, 4.69) is 0 Å². The van der Waals surface area contributed by atoms with Crippen LogP contribution >= 0.6 is 0 Å². The summed E-state index contributed by atoms with van der Waals surface area (Å²) in [5.41, 5.74) is 1.78. The average Bonchev–Trinajstić information content (AvgIpc) is 2.96. The maximum absolute atomic E-state index is 13.4. The van der Waals surface area contributed by atoms with Gasteiger partial charge in [-0.15, -0.1) is 0 Å². The molecule has 1 amide bonds. The number of carbonyl (C=O) groups is 3. The van der Waals surface area contributed by atoms with Gasteiger partial charge in [0.1, 0.15) is 17.4 Å². The van der Waals surface area contributed by atoms with Crippen molar-refractivity contribution < 1.29 is 29.1 Å². The monoisotopic (exact) mass is 411 g/mol. The van der Waals surface area contributed by atoms with Crippen LogP contribution in [0.3, 0.4) is 0 Å². The number of Topliss-reactive ketones (excluding diaryl/α,β-unsaturated/α-hetero) is 2. The second-order valence-corrected chi connectivity index (χ2v) is 7.88. The summed E-state index contributed by atoms with van der Waals surface area (Å²) < 4.78 is 5.25. The number of amides is 1. The molecule has 2 aromatic carbocycles. The number of ether oxygens (including phenoxy) is 1. The number of nitrogens with zero attached hydrogens (tertiary/aromatic N) is 1. The Labute approximate surface area is 175 Å². The number of nitrogens with one attached hydrogen (secondary N) is 1. The van der Waals surface area contributed by atoms with E-state index in [1.165, 1.54) is 17.0 Å². The second kappa shape index (κ2) is 8.67. The third-order valence-corrected chi connectivity index (χ3v) is 5.45. The van der Waals surface area contributed by atoms with E-state index < -0.39 is 29.4 Å². The van der Waals surface area contributed by atoms with Gasteiger partial charge in [0.05, 0.1) is 40.3 Å². The number of carbonyl (C=O) groups excluding carboxylic acids is 3. The molecule has 1 aliphatic heterocycles. The van der Waals surface area contributed by atoms with E-state index >= 15 is 0 Å². The Morgan fingerprint density at radius 2 is 1.80 bits per heavy atom. The minimum Gasteiger partial charge on any atom is -0.508 e. The van der Waals surface area contributed by atoms with Crippen molar-refractivity contribution in [1.82, 2.24) is 4.90 Å². The van der Waals surface area contributed by atoms with E-state index in [1.54, 1.807) is 37.4 Å². The lowest BCUT2D eigenvalue weighted by Crippen LogP contribution is -3.06. The summed E-state index contributed by atoms with van der Waals surface area (Å²) in [6, 6.07) is 10.6. The third-order valence-electron chi connectivity index (χ3n) is 5.45. The van der Waals surface area contributed by atoms with Crippen LogP contribution in [-0.2, 0) is 9.59 Å². The smallest absolute Gasteiger partial charge is 0.291 e. The van der Waals surface area contributed by atoms with E-state index in [9.17, 15) is 19.5 Å². The molecule has 1 heterocycles. The molecule has 7 heteroatoms. The summed E-state index contributed by atoms with van der Waals surface area (Å²) in [6.45, 7) is 2.81. The fraction of sp³-hybridized carbons (Fsp3) is 0.348. The number of likely N-dealkylation sites (N-methyl/N-ethyl adjacent to an activating group) is 1. The summed E-state index contributed by atoms with van der Waals surface area (Å²) in [7, 11) is 5.47. The zero-order valence-corrected chi connectivity index (χ0v) is 17.6. The van der Waals surface area contributed by atoms with Crippen molar-refractivity contribution in [3.05, 3.63) is 59.2 Å². The normalized spacial score (nSPS) is 18.9. The molecule has 1 saturated heterocycles. The minimum absolute atomic E-state index is 0.0762. The quantitative estimate of drug-likeness (QED) is 0.400. The number of methoxy groups -OCH3 is 1. The van der Waals surface area contributed by atoms with E-state index in [1.807, 2.05) is 21.0 Å². The van der Waals surface area contributed by atoms with Crippen LogP contribution in [0.4, 0.5) is 0 Å². The highest BCUT2D eigenvalue weighted by Gasteiger charge is 2.51. The molecule has 0 spiro atoms. The van der Waals surface area contributed by atoms with Crippen molar-refractivity contribution in [3.63, 3.8) is 0 Å². The third kappa shape index (κ3) is 4.07. The van der Waals surface area contributed by atoms with Gasteiger partial charge in [-0.1, -0.05) is 12.1 Å². The Balaban J connectivity index is 2.04. The molecule has 0 aromatic heterocycles. The lowest BCUT2D eigenvalue weighted by Gasteiger charge is -2.27. The zero-order valence-electron chi connectivity index (χ0n) is 17.6. The first-order valence-corrected chi connectivity index (χ1v) is 9.86. The van der Waals surface area contributed by atoms with Crippen LogP contribution in [0.1, 0.15) is 27.5 Å². The van der Waals surface area contributed by atoms with Gasteiger partial charge in [-0.25, -0.2) is 0 Å². The van der Waals surface area contributed by atoms with Crippen LogP contribution in [0.5, 0.6) is 11.5 Å². The molecule has 0 aliphatic carbocycles. The van der Waals surface area contributed by atoms with Crippen LogP contribution < -0.4 is 9.64 Å². The van der Waals surface area contributed by atoms with Crippen LogP contribution in [0.25, 0.3) is 0 Å². The number of quaternary nitrogens is 1. The van der Waals surface area contributed by atoms with Gasteiger partial charge in [-0.3, -0.25) is 14.4 Å². The van der Waals surface area contributed by atoms with E-state index in [4.69, 9.17) is 4.74 Å². The number of hydrogen-bond donors (Lipinski definition) is 2. The van der Waals surface area contributed by atoms with Crippen molar-refractivity contribution in [1.29, 1.82) is 0 Å². The molecular weight excluding hydrogens is 384 g/mol. The van der Waals surface area contributed by atoms with Gasteiger partial charge >= 0.3 is 0 Å². The lowest BCUT2D eigenvalue weighted by atomic mass is 9.86. The Morgan fingerprint density at radius 3 is 2.37 bits per heavy atom. The molecule has 7 nitrogen and oxygen atoms in total. The van der Waals surface area contributed by atoms with E-state index in [0.29, 0.717) is 30.0 Å². The maximum Gasteiger partial charge on any atom is 0.291 e. The van der Waals surface area contributed by atoms with Gasteiger partial charge in [0.25, 0.3) is 5.91 Å². The molecule has 158 valence electrons. The fourth-order valence-corrected chi connectivity index (χ4v) is 3.83. The summed E-state index contributed by atoms with van der Waals surface area (Å²) in [5.74, 6) is -2.14. The average molecular weight is 411 g/mol. The number of hydrogen-bond acceptors (Lipinski definition) is 5. The molecule has 3 rings (SSSR count). The first-order valence-electron chi connectivity index (χ1n) is 9.86. The number of aromatic hydroxyl groups is 1. The van der Waals surface area contributed by atoms with Gasteiger partial charge in [-0.2, -0.15) is 0 Å². The minimum atomic E-state index is -1.13. The summed E-state index contributed by atoms with van der Waals surface area (Å²) >= 11 is 0. The highest BCUT2D eigenvalue weighted by atomic mass is 16.5. The fourth-order valence-electron chi connectivity index (χ4n) is 3.83. The lowest BCUT2D eigenvalue weighted by molar-refractivity contribution is -0.857. The second-order valence-electron chi connectivity index (χ2n) is 7.88. The molecule has 0 radical (unpaired) electrons. The predicted molar refractivity (Wildman–Crippen MR) is 111 cm³/mol. The highest BCUT2D eigenvalue weighted by Crippen LogP contribution is 2.38. The Morgan fingerprint density at radius 1 is 1.13 bits per heavy atom. The van der Waals surface area contributed by atoms with Gasteiger partial charge in [0.15, 0.2) is 5.78 Å². The van der Waals surface area contributed by atoms with E-state index in [-0.39, 0.29) is 5.75 Å². The van der Waals surface area contributed by atoms with Crippen LogP contribution in [-0.4, -0.2) is 61.8 Å². The number of phenols is 1. The molecule has 2 unspecified atom stereocenters. The summed E-state index contributed by atoms with van der Waals surface area (Å²) in [4.78, 5) is 41.8. The van der Waals surface area contributed by atoms with Crippen molar-refractivity contribution in [2.45, 2.75) is 13.0 Å². The van der Waals surface area contributed by atoms with Gasteiger partial charge in [0, 0.05) is 5.56 Å². The van der Waals surface area contributed by atoms with Crippen LogP contribution in [0, 0.1) is 12.8 Å². The Hall–Kier alpha value is -3.19. The maximum atomic E-state index is 13.4. The van der Waals surface area contributed by atoms with Crippen molar-refractivity contribution >= 4 is 17.5 Å². The molecule has 30 heavy (non-hydrogen) atoms. The number of aryl methyl sites for hydroxylation is 1. The molecular formula is C23H27N2O5+. The molecule has 1 fully saturated rings. The Kier molecular flexibility index (Phi) is 6.22. The van der Waals surface area contributed by atoms with Crippen LogP contribution in [0.15, 0.2) is 42.5 Å². The number of ketones is 2.